The van der Waals surface area contributed by atoms with E-state index < -0.39 is 0 Å². The smallest absolute Gasteiger partial charge is 0.150 e. The van der Waals surface area contributed by atoms with Crippen LogP contribution in [0.25, 0.3) is 66.8 Å². The number of aryl methyl sites for hydroxylation is 1. The second kappa shape index (κ2) is 29.9. The minimum absolute atomic E-state index is 0.192. The zero-order chi connectivity index (χ0) is 55.1. The molecule has 7 aromatic rings. The molecular weight excluding hydrogens is 965 g/mol. The highest BCUT2D eigenvalue weighted by Crippen LogP contribution is 2.39. The third kappa shape index (κ3) is 17.4. The van der Waals surface area contributed by atoms with E-state index in [1.807, 2.05) is 97.1 Å². The molecule has 0 N–H and O–H groups in total. The third-order valence-electron chi connectivity index (χ3n) is 10.9. The average molecular weight is 1010 g/mol. The summed E-state index contributed by atoms with van der Waals surface area (Å²) in [5, 5.41) is 0. The van der Waals surface area contributed by atoms with Gasteiger partial charge in [0.2, 0.25) is 0 Å². The molecule has 4 nitrogen and oxygen atoms in total. The van der Waals surface area contributed by atoms with Gasteiger partial charge in [-0.3, -0.25) is 0 Å². The molecule has 364 valence electrons. The molecule has 7 aromatic carbocycles. The molecule has 0 amide bonds. The summed E-state index contributed by atoms with van der Waals surface area (Å²) in [6.07, 6.45) is 15.5. The van der Waals surface area contributed by atoms with Crippen LogP contribution in [0.5, 0.6) is 23.0 Å². The Hall–Kier alpha value is -12.4. The van der Waals surface area contributed by atoms with Gasteiger partial charge >= 0.3 is 0 Å². The minimum atomic E-state index is 0.192. The van der Waals surface area contributed by atoms with Gasteiger partial charge in [-0.2, -0.15) is 0 Å². The number of hydrogen-bond acceptors (Lipinski definition) is 4. The van der Waals surface area contributed by atoms with Crippen LogP contribution in [0.1, 0.15) is 19.4 Å². The van der Waals surface area contributed by atoms with Crippen molar-refractivity contribution in [3.63, 3.8) is 0 Å². The van der Waals surface area contributed by atoms with E-state index in [1.54, 1.807) is 13.8 Å². The van der Waals surface area contributed by atoms with Crippen molar-refractivity contribution in [3.8, 4) is 257 Å². The standard InChI is InChI=1S/C75H40O4/c1-6-10-14-18-22-26-46-76-72-38-30-60(31-39-72)66-53-67(61-32-40-73(41-33-61)77-47-27-23-19-15-11-7-2)56-70(55-66)64-50-59(5)51-65(52-64)71-57-68(62-34-42-74(43-35-62)78-48-28-24-20-16-12-8-3)54-69(58-71)63-36-44-75(45-37-63)79-49-29-25-21-17-13-9-4/h1,3,30-45,50-58H,47,49H2,2,4-5H3. The molecule has 0 aliphatic rings. The Balaban J connectivity index is 1.27. The molecule has 7 rings (SSSR count). The molecule has 0 aliphatic carbocycles. The average Bonchev–Trinajstić information content (AvgIpc) is 3.53. The highest BCUT2D eigenvalue weighted by Gasteiger charge is 2.13. The van der Waals surface area contributed by atoms with Gasteiger partial charge in [-0.05, 0) is 279 Å². The molecule has 0 saturated carbocycles. The van der Waals surface area contributed by atoms with Crippen molar-refractivity contribution in [2.75, 3.05) is 13.2 Å². The van der Waals surface area contributed by atoms with Gasteiger partial charge in [0.05, 0.1) is 0 Å². The van der Waals surface area contributed by atoms with Crippen LogP contribution < -0.4 is 18.9 Å². The molecule has 79 heavy (non-hydrogen) atoms. The summed E-state index contributed by atoms with van der Waals surface area (Å²) in [7, 11) is 0. The Morgan fingerprint density at radius 3 is 0.886 bits per heavy atom. The van der Waals surface area contributed by atoms with Crippen LogP contribution in [-0.4, -0.2) is 13.2 Å². The third-order valence-corrected chi connectivity index (χ3v) is 10.9. The number of rotatable bonds is 12. The van der Waals surface area contributed by atoms with Crippen molar-refractivity contribution in [1.29, 1.82) is 0 Å². The number of ether oxygens (including phenoxy) is 4. The summed E-state index contributed by atoms with van der Waals surface area (Å²) in [5.41, 5.74) is 13.1. The highest BCUT2D eigenvalue weighted by atomic mass is 16.5. The molecule has 0 radical (unpaired) electrons. The van der Waals surface area contributed by atoms with Gasteiger partial charge in [0.1, 0.15) is 48.4 Å². The Morgan fingerprint density at radius 2 is 0.557 bits per heavy atom. The zero-order valence-corrected chi connectivity index (χ0v) is 43.1. The van der Waals surface area contributed by atoms with Crippen molar-refractivity contribution >= 4 is 0 Å². The lowest BCUT2D eigenvalue weighted by Gasteiger charge is -2.15. The molecule has 0 heterocycles. The Labute approximate surface area is 464 Å². The van der Waals surface area contributed by atoms with Crippen molar-refractivity contribution in [1.82, 2.24) is 0 Å². The van der Waals surface area contributed by atoms with Gasteiger partial charge in [-0.15, -0.1) is 12.8 Å². The van der Waals surface area contributed by atoms with Crippen molar-refractivity contribution in [2.24, 2.45) is 0 Å². The first-order chi connectivity index (χ1) is 38.9. The maximum atomic E-state index is 5.91. The molecule has 0 aromatic heterocycles. The molecule has 0 saturated heterocycles. The molecule has 0 unspecified atom stereocenters. The van der Waals surface area contributed by atoms with E-state index in [9.17, 15) is 0 Å². The van der Waals surface area contributed by atoms with Crippen LogP contribution in [-0.2, 0) is 0 Å². The van der Waals surface area contributed by atoms with E-state index in [4.69, 9.17) is 31.8 Å². The molecule has 0 fully saturated rings. The largest absolute Gasteiger partial charge is 0.481 e. The summed E-state index contributed by atoms with van der Waals surface area (Å²) in [4.78, 5) is 0. The summed E-state index contributed by atoms with van der Waals surface area (Å²) in [5.74, 6) is 65.3. The van der Waals surface area contributed by atoms with Crippen LogP contribution in [0.15, 0.2) is 152 Å². The van der Waals surface area contributed by atoms with E-state index >= 15 is 0 Å². The van der Waals surface area contributed by atoms with Gasteiger partial charge in [0, 0.05) is 35.5 Å². The Kier molecular flexibility index (Phi) is 20.6. The Bertz CT molecular complexity index is 4050. The first kappa shape index (κ1) is 54.4. The molecule has 0 bridgehead atoms. The lowest BCUT2D eigenvalue weighted by atomic mass is 9.89. The van der Waals surface area contributed by atoms with Crippen LogP contribution in [0.3, 0.4) is 0 Å². The van der Waals surface area contributed by atoms with Crippen molar-refractivity contribution in [3.05, 3.63) is 157 Å². The van der Waals surface area contributed by atoms with Gasteiger partial charge in [-0.1, -0.05) is 72.5 Å². The fraction of sp³-hybridized carbons (Fsp3) is 0.0667. The van der Waals surface area contributed by atoms with Gasteiger partial charge in [-0.25, -0.2) is 0 Å². The summed E-state index contributed by atoms with van der Waals surface area (Å²) in [6, 6.07) is 51.3. The second-order valence-corrected chi connectivity index (χ2v) is 16.2. The van der Waals surface area contributed by atoms with Crippen molar-refractivity contribution < 1.29 is 18.9 Å². The van der Waals surface area contributed by atoms with Gasteiger partial charge in [0.15, 0.2) is 0 Å². The zero-order valence-electron chi connectivity index (χ0n) is 43.1. The van der Waals surface area contributed by atoms with Gasteiger partial charge < -0.3 is 18.9 Å². The van der Waals surface area contributed by atoms with E-state index in [0.717, 1.165) is 72.3 Å². The van der Waals surface area contributed by atoms with E-state index in [0.29, 0.717) is 23.0 Å². The molecule has 0 spiro atoms. The number of hydrogen-bond donors (Lipinski definition) is 0. The SMILES string of the molecule is C#CC#CC#CC#COc1ccc(-c2cc(-c3ccc(OCC#CC#CC#CC)cc3)cc(-c3cc(C)cc(-c4cc(-c5ccc(OC#CC#CC#CC#C)cc5)cc(-c5ccc(OCC#CC#CC#CC)cc5)c4)c3)c2)cc1. The van der Waals surface area contributed by atoms with Crippen LogP contribution in [0.2, 0.25) is 0 Å². The molecule has 4 heteroatoms. The lowest BCUT2D eigenvalue weighted by molar-refractivity contribution is 0.370. The van der Waals surface area contributed by atoms with Crippen LogP contribution >= 0.6 is 0 Å². The normalized spacial score (nSPS) is 8.57. The van der Waals surface area contributed by atoms with Gasteiger partial charge in [0.25, 0.3) is 0 Å². The van der Waals surface area contributed by atoms with Crippen LogP contribution in [0.4, 0.5) is 0 Å². The highest BCUT2D eigenvalue weighted by molar-refractivity contribution is 5.86. The maximum Gasteiger partial charge on any atom is 0.150 e. The van der Waals surface area contributed by atoms with E-state index in [-0.39, 0.29) is 13.2 Å². The molecular formula is C75H40O4. The van der Waals surface area contributed by atoms with E-state index in [1.165, 1.54) is 0 Å². The fourth-order valence-electron chi connectivity index (χ4n) is 7.42. The second-order valence-electron chi connectivity index (χ2n) is 16.2. The Morgan fingerprint density at radius 1 is 0.291 bits per heavy atom. The predicted octanol–water partition coefficient (Wildman–Crippen LogP) is 12.8. The number of terminal acetylenes is 2. The first-order valence-corrected chi connectivity index (χ1v) is 24.1. The summed E-state index contributed by atoms with van der Waals surface area (Å²) in [6.45, 7) is 5.95. The fourth-order valence-corrected chi connectivity index (χ4v) is 7.42. The quantitative estimate of drug-likeness (QED) is 0.114. The predicted molar refractivity (Wildman–Crippen MR) is 318 cm³/mol. The number of benzene rings is 7. The lowest BCUT2D eigenvalue weighted by Crippen LogP contribution is -1.94. The topological polar surface area (TPSA) is 36.9 Å². The molecule has 0 atom stereocenters. The summed E-state index contributed by atoms with van der Waals surface area (Å²) < 4.78 is 23.1. The summed E-state index contributed by atoms with van der Waals surface area (Å²) >= 11 is 0. The monoisotopic (exact) mass is 1000 g/mol. The van der Waals surface area contributed by atoms with Crippen molar-refractivity contribution in [2.45, 2.75) is 20.8 Å². The maximum absolute atomic E-state index is 5.91. The van der Waals surface area contributed by atoms with Crippen LogP contribution in [0, 0.1) is 174 Å². The van der Waals surface area contributed by atoms with E-state index in [2.05, 4.69) is 216 Å². The molecule has 0 aliphatic heterocycles. The first-order valence-electron chi connectivity index (χ1n) is 24.1. The minimum Gasteiger partial charge on any atom is -0.481 e.